The number of fused-ring (bicyclic) bond motifs is 1. The molecule has 2 heterocycles. The highest BCUT2D eigenvalue weighted by Crippen LogP contribution is 2.09. The molecular weight excluding hydrogens is 254 g/mol. The molecule has 0 saturated carbocycles. The van der Waals surface area contributed by atoms with Gasteiger partial charge in [-0.15, -0.1) is 15.3 Å². The number of hydrogen-bond acceptors (Lipinski definition) is 6. The molecule has 0 radical (unpaired) electrons. The molecule has 3 aromatic rings. The van der Waals surface area contributed by atoms with Gasteiger partial charge in [-0.05, 0) is 36.8 Å². The molecule has 7 nitrogen and oxygen atoms in total. The number of nitrogen functional groups attached to an aromatic ring is 1. The van der Waals surface area contributed by atoms with Gasteiger partial charge in [-0.25, -0.2) is 0 Å². The van der Waals surface area contributed by atoms with Gasteiger partial charge in [0, 0.05) is 5.69 Å². The van der Waals surface area contributed by atoms with Crippen molar-refractivity contribution in [2.75, 3.05) is 11.2 Å². The first kappa shape index (κ1) is 12.1. The van der Waals surface area contributed by atoms with E-state index in [4.69, 9.17) is 5.73 Å². The Hall–Kier alpha value is -2.96. The minimum absolute atomic E-state index is 0.612. The summed E-state index contributed by atoms with van der Waals surface area (Å²) >= 11 is 0. The molecule has 0 spiro atoms. The van der Waals surface area contributed by atoms with Crippen molar-refractivity contribution in [2.45, 2.75) is 6.92 Å². The largest absolute Gasteiger partial charge is 0.399 e. The number of hydrogen-bond donors (Lipinski definition) is 2. The molecule has 1 aromatic carbocycles. The number of benzene rings is 1. The van der Waals surface area contributed by atoms with Crippen molar-refractivity contribution in [3.8, 4) is 0 Å². The summed E-state index contributed by atoms with van der Waals surface area (Å²) in [6.07, 6.45) is 1.54. The van der Waals surface area contributed by atoms with Gasteiger partial charge in [0.05, 0.1) is 5.71 Å². The maximum absolute atomic E-state index is 5.75. The van der Waals surface area contributed by atoms with Crippen molar-refractivity contribution in [2.24, 2.45) is 5.10 Å². The Kier molecular flexibility index (Phi) is 3.00. The van der Waals surface area contributed by atoms with Crippen LogP contribution in [-0.2, 0) is 0 Å². The molecule has 0 aliphatic heterocycles. The van der Waals surface area contributed by atoms with Crippen LogP contribution in [0.5, 0.6) is 0 Å². The lowest BCUT2D eigenvalue weighted by atomic mass is 10.1. The number of nitrogens with one attached hydrogen (secondary N) is 1. The van der Waals surface area contributed by atoms with Gasteiger partial charge in [0.2, 0.25) is 0 Å². The van der Waals surface area contributed by atoms with E-state index in [0.29, 0.717) is 17.2 Å². The molecule has 0 aliphatic carbocycles. The van der Waals surface area contributed by atoms with Gasteiger partial charge in [-0.1, -0.05) is 12.1 Å². The quantitative estimate of drug-likeness (QED) is 0.426. The minimum atomic E-state index is 0.612. The number of anilines is 2. The molecule has 0 atom stereocenters. The smallest absolute Gasteiger partial charge is 0.177 e. The molecule has 2 aromatic heterocycles. The standard InChI is InChI=1S/C13H13N7/c1-9(10-3-2-4-11(14)7-10)16-17-12-5-6-13-18-15-8-20(13)19-12/h2-8H,14H2,1H3,(H,17,19)/b16-9-. The summed E-state index contributed by atoms with van der Waals surface area (Å²) in [4.78, 5) is 0. The highest BCUT2D eigenvalue weighted by Gasteiger charge is 2.00. The van der Waals surface area contributed by atoms with Gasteiger partial charge in [-0.3, -0.25) is 5.43 Å². The fourth-order valence-electron chi connectivity index (χ4n) is 1.76. The van der Waals surface area contributed by atoms with E-state index in [0.717, 1.165) is 11.3 Å². The zero-order valence-electron chi connectivity index (χ0n) is 10.9. The molecule has 3 N–H and O–H groups in total. The first-order chi connectivity index (χ1) is 9.72. The lowest BCUT2D eigenvalue weighted by molar-refractivity contribution is 0.924. The third-order valence-electron chi connectivity index (χ3n) is 2.80. The third-order valence-corrected chi connectivity index (χ3v) is 2.80. The molecular formula is C13H13N7. The first-order valence-electron chi connectivity index (χ1n) is 6.06. The van der Waals surface area contributed by atoms with E-state index in [1.807, 2.05) is 37.3 Å². The summed E-state index contributed by atoms with van der Waals surface area (Å²) in [5.41, 5.74) is 11.8. The highest BCUT2D eigenvalue weighted by molar-refractivity contribution is 5.99. The highest BCUT2D eigenvalue weighted by atomic mass is 15.4. The molecule has 0 unspecified atom stereocenters. The minimum Gasteiger partial charge on any atom is -0.399 e. The molecule has 20 heavy (non-hydrogen) atoms. The predicted octanol–water partition coefficient (Wildman–Crippen LogP) is 1.54. The number of aromatic nitrogens is 4. The second-order valence-corrected chi connectivity index (χ2v) is 4.29. The molecule has 0 aliphatic rings. The predicted molar refractivity (Wildman–Crippen MR) is 77.5 cm³/mol. The van der Waals surface area contributed by atoms with Crippen LogP contribution in [0.1, 0.15) is 12.5 Å². The molecule has 0 bridgehead atoms. The Morgan fingerprint density at radius 2 is 2.20 bits per heavy atom. The summed E-state index contributed by atoms with van der Waals surface area (Å²) in [7, 11) is 0. The topological polar surface area (TPSA) is 93.5 Å². The van der Waals surface area contributed by atoms with Crippen LogP contribution >= 0.6 is 0 Å². The molecule has 0 saturated heterocycles. The van der Waals surface area contributed by atoms with Crippen molar-refractivity contribution >= 4 is 22.9 Å². The normalized spacial score (nSPS) is 11.8. The van der Waals surface area contributed by atoms with Gasteiger partial charge < -0.3 is 5.73 Å². The Balaban J connectivity index is 1.82. The summed E-state index contributed by atoms with van der Waals surface area (Å²) in [6, 6.07) is 11.2. The lowest BCUT2D eigenvalue weighted by Crippen LogP contribution is -2.03. The Morgan fingerprint density at radius 3 is 3.05 bits per heavy atom. The van der Waals surface area contributed by atoms with Crippen LogP contribution in [0.25, 0.3) is 5.65 Å². The van der Waals surface area contributed by atoms with Crippen LogP contribution in [0.2, 0.25) is 0 Å². The summed E-state index contributed by atoms with van der Waals surface area (Å²) in [5.74, 6) is 0.612. The molecule has 0 fully saturated rings. The van der Waals surface area contributed by atoms with Gasteiger partial charge >= 0.3 is 0 Å². The van der Waals surface area contributed by atoms with Crippen LogP contribution in [0, 0.1) is 0 Å². The summed E-state index contributed by atoms with van der Waals surface area (Å²) in [5, 5.41) is 16.2. The maximum Gasteiger partial charge on any atom is 0.177 e. The second-order valence-electron chi connectivity index (χ2n) is 4.29. The van der Waals surface area contributed by atoms with Crippen LogP contribution in [-0.4, -0.2) is 25.5 Å². The average molecular weight is 267 g/mol. The van der Waals surface area contributed by atoms with E-state index in [-0.39, 0.29) is 0 Å². The number of rotatable bonds is 3. The zero-order chi connectivity index (χ0) is 13.9. The van der Waals surface area contributed by atoms with Crippen LogP contribution in [0.3, 0.4) is 0 Å². The molecule has 0 amide bonds. The lowest BCUT2D eigenvalue weighted by Gasteiger charge is -2.04. The number of hydrazone groups is 1. The van der Waals surface area contributed by atoms with Gasteiger partial charge in [-0.2, -0.15) is 9.62 Å². The van der Waals surface area contributed by atoms with E-state index in [2.05, 4.69) is 25.8 Å². The number of nitrogens with two attached hydrogens (primary N) is 1. The summed E-state index contributed by atoms with van der Waals surface area (Å²) < 4.78 is 1.58. The fraction of sp³-hybridized carbons (Fsp3) is 0.0769. The SMILES string of the molecule is C/C(=N/Nc1ccc2nncn2n1)c1cccc(N)c1. The van der Waals surface area contributed by atoms with Crippen molar-refractivity contribution in [1.29, 1.82) is 0 Å². The monoisotopic (exact) mass is 267 g/mol. The van der Waals surface area contributed by atoms with E-state index in [9.17, 15) is 0 Å². The van der Waals surface area contributed by atoms with Gasteiger partial charge in [0.25, 0.3) is 0 Å². The van der Waals surface area contributed by atoms with E-state index in [1.54, 1.807) is 10.6 Å². The van der Waals surface area contributed by atoms with E-state index < -0.39 is 0 Å². The van der Waals surface area contributed by atoms with Crippen molar-refractivity contribution in [1.82, 2.24) is 19.8 Å². The molecule has 100 valence electrons. The second kappa shape index (κ2) is 4.96. The van der Waals surface area contributed by atoms with Crippen molar-refractivity contribution < 1.29 is 0 Å². The summed E-state index contributed by atoms with van der Waals surface area (Å²) in [6.45, 7) is 1.90. The Morgan fingerprint density at radius 1 is 1.30 bits per heavy atom. The van der Waals surface area contributed by atoms with Crippen LogP contribution in [0.15, 0.2) is 47.8 Å². The molecule has 7 heteroatoms. The van der Waals surface area contributed by atoms with Gasteiger partial charge in [0.1, 0.15) is 6.33 Å². The van der Waals surface area contributed by atoms with E-state index >= 15 is 0 Å². The Bertz CT molecular complexity index is 775. The van der Waals surface area contributed by atoms with E-state index in [1.165, 1.54) is 6.33 Å². The van der Waals surface area contributed by atoms with Crippen molar-refractivity contribution in [3.63, 3.8) is 0 Å². The maximum atomic E-state index is 5.75. The van der Waals surface area contributed by atoms with Gasteiger partial charge in [0.15, 0.2) is 11.5 Å². The fourth-order valence-corrected chi connectivity index (χ4v) is 1.76. The first-order valence-corrected chi connectivity index (χ1v) is 6.06. The average Bonchev–Trinajstić information content (AvgIpc) is 2.92. The number of nitrogens with zero attached hydrogens (tertiary/aromatic N) is 5. The van der Waals surface area contributed by atoms with Crippen LogP contribution in [0.4, 0.5) is 11.5 Å². The van der Waals surface area contributed by atoms with Crippen molar-refractivity contribution in [3.05, 3.63) is 48.3 Å². The third kappa shape index (κ3) is 2.41. The Labute approximate surface area is 115 Å². The zero-order valence-corrected chi connectivity index (χ0v) is 10.9. The van der Waals surface area contributed by atoms with Crippen LogP contribution < -0.4 is 11.2 Å². The molecule has 3 rings (SSSR count).